The van der Waals surface area contributed by atoms with E-state index in [9.17, 15) is 14.4 Å². The zero-order chi connectivity index (χ0) is 15.1. The first-order chi connectivity index (χ1) is 7.78. The Balaban J connectivity index is -0.000000366. The number of rotatable bonds is 5. The van der Waals surface area contributed by atoms with Gasteiger partial charge in [0.05, 0.1) is 12.8 Å². The summed E-state index contributed by atoms with van der Waals surface area (Å²) in [5.74, 6) is -5.02. The van der Waals surface area contributed by atoms with Gasteiger partial charge in [-0.15, -0.1) is 0 Å². The normalized spacial score (nSPS) is 10.5. The zero-order valence-electron chi connectivity index (χ0n) is 8.88. The molecular weight excluding hydrogens is 403 g/mol. The maximum atomic E-state index is 10.3. The van der Waals surface area contributed by atoms with Gasteiger partial charge in [-0.05, 0) is 0 Å². The molecule has 0 heterocycles. The summed E-state index contributed by atoms with van der Waals surface area (Å²) in [5, 5.41) is 33.8. The van der Waals surface area contributed by atoms with Gasteiger partial charge < -0.3 is 20.4 Å². The van der Waals surface area contributed by atoms with E-state index in [2.05, 4.69) is 0 Å². The molecular formula is C6H10CoMoO11. The first-order valence-corrected chi connectivity index (χ1v) is 7.30. The minimum absolute atomic E-state index is 0. The van der Waals surface area contributed by atoms with Gasteiger partial charge in [0.2, 0.25) is 0 Å². The van der Waals surface area contributed by atoms with Crippen LogP contribution in [-0.4, -0.2) is 51.5 Å². The van der Waals surface area contributed by atoms with Gasteiger partial charge in [0.15, 0.2) is 5.60 Å². The van der Waals surface area contributed by atoms with Gasteiger partial charge >= 0.3 is 49.0 Å². The van der Waals surface area contributed by atoms with Gasteiger partial charge in [0.1, 0.15) is 0 Å². The number of carboxylic acid groups (broad SMARTS) is 3. The fraction of sp³-hybridized carbons (Fsp3) is 0.500. The van der Waals surface area contributed by atoms with Crippen molar-refractivity contribution >= 4 is 17.9 Å². The molecule has 0 amide bonds. The van der Waals surface area contributed by atoms with Crippen molar-refractivity contribution < 1.29 is 82.6 Å². The van der Waals surface area contributed by atoms with Crippen LogP contribution >= 0.6 is 0 Å². The third-order valence-electron chi connectivity index (χ3n) is 1.29. The van der Waals surface area contributed by atoms with Gasteiger partial charge in [-0.3, -0.25) is 9.59 Å². The summed E-state index contributed by atoms with van der Waals surface area (Å²) in [4.78, 5) is 30.5. The second-order valence-electron chi connectivity index (χ2n) is 2.93. The van der Waals surface area contributed by atoms with E-state index in [4.69, 9.17) is 34.7 Å². The summed E-state index contributed by atoms with van der Waals surface area (Å²) >= 11 is -5.52. The molecule has 0 unspecified atom stereocenters. The molecule has 0 aromatic carbocycles. The van der Waals surface area contributed by atoms with Gasteiger partial charge in [0, 0.05) is 16.8 Å². The first-order valence-electron chi connectivity index (χ1n) is 3.87. The summed E-state index contributed by atoms with van der Waals surface area (Å²) in [6.07, 6.45) is -2.29. The fourth-order valence-electron chi connectivity index (χ4n) is 0.714. The Morgan fingerprint density at radius 1 is 0.895 bits per heavy atom. The SMILES string of the molecule is O=C(O)CC(O)(CC(=O)O)C(=O)O.[Co].[O]=[Mo](=[O])([OH])[OH]. The monoisotopic (exact) mass is 415 g/mol. The van der Waals surface area contributed by atoms with Crippen molar-refractivity contribution in [2.75, 3.05) is 0 Å². The van der Waals surface area contributed by atoms with Crippen molar-refractivity contribution in [1.82, 2.24) is 0 Å². The molecule has 0 saturated carbocycles. The number of hydrogen-bond acceptors (Lipinski definition) is 6. The van der Waals surface area contributed by atoms with Crippen LogP contribution < -0.4 is 0 Å². The van der Waals surface area contributed by atoms with Crippen LogP contribution in [0.25, 0.3) is 0 Å². The van der Waals surface area contributed by atoms with Gasteiger partial charge in [-0.25, -0.2) is 4.79 Å². The van der Waals surface area contributed by atoms with E-state index in [1.54, 1.807) is 0 Å². The molecule has 0 spiro atoms. The third-order valence-corrected chi connectivity index (χ3v) is 1.29. The fourth-order valence-corrected chi connectivity index (χ4v) is 0.714. The molecule has 1 radical (unpaired) electrons. The Kier molecular flexibility index (Phi) is 11.1. The average Bonchev–Trinajstić information content (AvgIpc) is 1.95. The van der Waals surface area contributed by atoms with E-state index >= 15 is 0 Å². The van der Waals surface area contributed by atoms with E-state index in [1.165, 1.54) is 0 Å². The number of hydrogen-bond donors (Lipinski definition) is 6. The molecule has 0 fully saturated rings. The van der Waals surface area contributed by atoms with Crippen LogP contribution in [0.5, 0.6) is 0 Å². The Bertz CT molecular complexity index is 402. The molecule has 0 aliphatic heterocycles. The van der Waals surface area contributed by atoms with Crippen molar-refractivity contribution in [2.24, 2.45) is 0 Å². The van der Waals surface area contributed by atoms with E-state index in [1.807, 2.05) is 0 Å². The molecule has 0 aliphatic carbocycles. The average molecular weight is 413 g/mol. The number of aliphatic carboxylic acids is 3. The zero-order valence-corrected chi connectivity index (χ0v) is 11.9. The Labute approximate surface area is 119 Å². The molecule has 0 saturated heterocycles. The van der Waals surface area contributed by atoms with Gasteiger partial charge in [-0.2, -0.15) is 0 Å². The van der Waals surface area contributed by atoms with E-state index in [0.29, 0.717) is 0 Å². The van der Waals surface area contributed by atoms with Crippen LogP contribution in [0.3, 0.4) is 0 Å². The second kappa shape index (κ2) is 9.06. The molecule has 13 heteroatoms. The summed E-state index contributed by atoms with van der Waals surface area (Å²) in [5.41, 5.74) is -2.74. The number of carbonyl (C=O) groups is 3. The van der Waals surface area contributed by atoms with Crippen molar-refractivity contribution in [1.29, 1.82) is 0 Å². The van der Waals surface area contributed by atoms with Crippen molar-refractivity contribution in [3.8, 4) is 0 Å². The summed E-state index contributed by atoms with van der Waals surface area (Å²) < 4.78 is 32.0. The van der Waals surface area contributed by atoms with Crippen LogP contribution in [-0.2, 0) is 54.7 Å². The molecule has 0 aliphatic rings. The van der Waals surface area contributed by atoms with Crippen LogP contribution in [0.1, 0.15) is 12.8 Å². The van der Waals surface area contributed by atoms with Crippen molar-refractivity contribution in [3.63, 3.8) is 0 Å². The minimum atomic E-state index is -5.52. The molecule has 0 aromatic heterocycles. The van der Waals surface area contributed by atoms with Crippen LogP contribution in [0, 0.1) is 0 Å². The molecule has 115 valence electrons. The Hall–Kier alpha value is -0.915. The Morgan fingerprint density at radius 2 is 1.11 bits per heavy atom. The standard InChI is InChI=1S/C6H8O7.Co.Mo.2H2O.2O/c7-3(8)1-6(13,5(11)12)2-4(9)10;;;;;;/h13H,1-2H2,(H,7,8)(H,9,10)(H,11,12);;;2*1H2;;/q;;+2;;;;/p-2. The molecule has 19 heavy (non-hydrogen) atoms. The van der Waals surface area contributed by atoms with Gasteiger partial charge in [0.25, 0.3) is 0 Å². The van der Waals surface area contributed by atoms with Crippen LogP contribution in [0.15, 0.2) is 0 Å². The number of aliphatic hydroxyl groups is 1. The van der Waals surface area contributed by atoms with E-state index < -0.39 is 53.1 Å². The quantitative estimate of drug-likeness (QED) is 0.258. The van der Waals surface area contributed by atoms with Gasteiger partial charge in [-0.1, -0.05) is 0 Å². The summed E-state index contributed by atoms with van der Waals surface area (Å²) in [6.45, 7) is 0. The third kappa shape index (κ3) is 17.1. The topological polar surface area (TPSA) is 207 Å². The predicted octanol–water partition coefficient (Wildman–Crippen LogP) is -2.61. The molecule has 11 nitrogen and oxygen atoms in total. The van der Waals surface area contributed by atoms with Crippen LogP contribution in [0.4, 0.5) is 0 Å². The molecule has 6 N–H and O–H groups in total. The molecule has 0 bridgehead atoms. The number of carboxylic acids is 3. The molecule has 0 atom stereocenters. The van der Waals surface area contributed by atoms with E-state index in [-0.39, 0.29) is 16.8 Å². The second-order valence-corrected chi connectivity index (χ2v) is 5.13. The Morgan fingerprint density at radius 3 is 1.21 bits per heavy atom. The van der Waals surface area contributed by atoms with Crippen molar-refractivity contribution in [3.05, 3.63) is 0 Å². The molecule has 0 rings (SSSR count). The molecule has 0 aromatic rings. The van der Waals surface area contributed by atoms with Crippen molar-refractivity contribution in [2.45, 2.75) is 18.4 Å². The maximum absolute atomic E-state index is 10.3. The summed E-state index contributed by atoms with van der Waals surface area (Å²) in [6, 6.07) is 0. The predicted molar refractivity (Wildman–Crippen MR) is 42.9 cm³/mol. The first kappa shape index (κ1) is 23.2. The van der Waals surface area contributed by atoms with E-state index in [0.717, 1.165) is 0 Å². The van der Waals surface area contributed by atoms with Crippen LogP contribution in [0.2, 0.25) is 0 Å². The summed E-state index contributed by atoms with van der Waals surface area (Å²) in [7, 11) is 0.